The molecule has 0 N–H and O–H groups in total. The van der Waals surface area contributed by atoms with Gasteiger partial charge in [0.25, 0.3) is 0 Å². The Bertz CT molecular complexity index is 3730. The molecule has 11 aromatic rings. The van der Waals surface area contributed by atoms with Crippen LogP contribution in [0.3, 0.4) is 0 Å². The summed E-state index contributed by atoms with van der Waals surface area (Å²) in [6, 6.07) is 58.8. The van der Waals surface area contributed by atoms with Crippen LogP contribution in [0.25, 0.3) is 126 Å². The van der Waals surface area contributed by atoms with Crippen LogP contribution in [0.4, 0.5) is 5.69 Å². The number of aromatic nitrogens is 2. The third-order valence-electron chi connectivity index (χ3n) is 12.4. The van der Waals surface area contributed by atoms with E-state index in [9.17, 15) is 5.26 Å². The molecule has 0 aliphatic heterocycles. The van der Waals surface area contributed by atoms with E-state index in [-0.39, 0.29) is 0 Å². The van der Waals surface area contributed by atoms with Crippen molar-refractivity contribution in [2.75, 3.05) is 0 Å². The smallest absolute Gasteiger partial charge is 0.208 e. The van der Waals surface area contributed by atoms with E-state index >= 15 is 0 Å². The number of rotatable bonds is 2. The van der Waals surface area contributed by atoms with E-state index < -0.39 is 0 Å². The van der Waals surface area contributed by atoms with Gasteiger partial charge in [-0.2, -0.15) is 5.26 Å². The first-order valence-electron chi connectivity index (χ1n) is 18.9. The molecule has 0 fully saturated rings. The minimum Gasteiger partial charge on any atom is -0.310 e. The lowest BCUT2D eigenvalue weighted by molar-refractivity contribution is 1.13. The number of benzene rings is 9. The van der Waals surface area contributed by atoms with Crippen LogP contribution in [0.2, 0.25) is 0 Å². The average Bonchev–Trinajstić information content (AvgIpc) is 3.98. The Morgan fingerprint density at radius 2 is 0.875 bits per heavy atom. The van der Waals surface area contributed by atoms with Crippen LogP contribution >= 0.6 is 0 Å². The van der Waals surface area contributed by atoms with Crippen molar-refractivity contribution in [2.45, 2.75) is 0 Å². The van der Waals surface area contributed by atoms with Crippen LogP contribution in [0.15, 0.2) is 158 Å². The van der Waals surface area contributed by atoms with Crippen molar-refractivity contribution in [1.29, 1.82) is 5.26 Å². The predicted molar refractivity (Wildman–Crippen MR) is 230 cm³/mol. The fourth-order valence-corrected chi connectivity index (χ4v) is 10.3. The Morgan fingerprint density at radius 1 is 0.429 bits per heavy atom. The van der Waals surface area contributed by atoms with Crippen molar-refractivity contribution in [3.05, 3.63) is 175 Å². The summed E-state index contributed by atoms with van der Waals surface area (Å²) in [5.41, 5.74) is 16.3. The Balaban J connectivity index is 1.19. The molecule has 0 saturated carbocycles. The maximum atomic E-state index is 10.9. The molecular weight excluding hydrogens is 681 g/mol. The zero-order chi connectivity index (χ0) is 36.8. The lowest BCUT2D eigenvalue weighted by atomic mass is 9.99. The number of fused-ring (bicyclic) bond motifs is 14. The Kier molecular flexibility index (Phi) is 5.48. The minimum absolute atomic E-state index is 0.327. The van der Waals surface area contributed by atoms with Crippen LogP contribution in [0.1, 0.15) is 5.56 Å². The first-order valence-corrected chi connectivity index (χ1v) is 18.9. The minimum atomic E-state index is 0.327. The van der Waals surface area contributed by atoms with E-state index in [0.29, 0.717) is 16.9 Å². The fourth-order valence-electron chi connectivity index (χ4n) is 10.3. The van der Waals surface area contributed by atoms with Crippen LogP contribution in [-0.4, -0.2) is 9.13 Å². The average molecular weight is 707 g/mol. The maximum Gasteiger partial charge on any atom is 0.208 e. The number of para-hydroxylation sites is 2. The summed E-state index contributed by atoms with van der Waals surface area (Å²) < 4.78 is 4.57. The summed E-state index contributed by atoms with van der Waals surface area (Å²) in [6.45, 7) is 8.48. The molecule has 4 heteroatoms. The molecule has 2 heterocycles. The fraction of sp³-hybridized carbons (Fsp3) is 0. The van der Waals surface area contributed by atoms with Crippen LogP contribution in [0, 0.1) is 17.9 Å². The van der Waals surface area contributed by atoms with Crippen molar-refractivity contribution in [3.63, 3.8) is 0 Å². The Hall–Kier alpha value is -7.92. The molecule has 254 valence electrons. The first-order chi connectivity index (χ1) is 27.7. The van der Waals surface area contributed by atoms with E-state index in [1.807, 2.05) is 6.07 Å². The highest BCUT2D eigenvalue weighted by atomic mass is 15.0. The number of nitrogens with zero attached hydrogens (tertiary/aromatic N) is 4. The molecule has 0 spiro atoms. The number of hydrogen-bond donors (Lipinski definition) is 0. The number of nitriles is 1. The van der Waals surface area contributed by atoms with Crippen molar-refractivity contribution >= 4 is 70.8 Å². The third-order valence-corrected chi connectivity index (χ3v) is 12.4. The Morgan fingerprint density at radius 3 is 1.41 bits per heavy atom. The third kappa shape index (κ3) is 3.48. The van der Waals surface area contributed by atoms with Gasteiger partial charge in [-0.3, -0.25) is 0 Å². The molecule has 0 unspecified atom stereocenters. The van der Waals surface area contributed by atoms with Crippen molar-refractivity contribution in [2.24, 2.45) is 0 Å². The SMILES string of the molecule is [C-]#[N+]c1cc(-n2c3ccccc3c3cc4c5c(cccc5c32)-c2ccccc2-4)cc(-n2c3ccccc3c3cc4c5c(cccc5c32)-c2ccccc2-4)c1C#N. The molecule has 2 aliphatic rings. The molecule has 56 heavy (non-hydrogen) atoms. The molecule has 0 bridgehead atoms. The standard InChI is InChI=1S/C52H26N4/c1-54-45-24-29(55-46-22-8-6-16-34(46)42-26-40-32-14-4-2-12-30(32)36-18-10-20-38(49(36)40)51(42)55)25-48(44(45)28-53)56-47-23-9-7-17-35(47)43-27-41-33-15-5-3-13-31(33)37-19-11-21-39(50(37)41)52(43)56/h2-27H. The van der Waals surface area contributed by atoms with Gasteiger partial charge < -0.3 is 9.13 Å². The van der Waals surface area contributed by atoms with Crippen molar-refractivity contribution in [1.82, 2.24) is 9.13 Å². The monoisotopic (exact) mass is 706 g/mol. The van der Waals surface area contributed by atoms with Gasteiger partial charge in [-0.25, -0.2) is 4.85 Å². The van der Waals surface area contributed by atoms with E-state index in [2.05, 4.69) is 172 Å². The zero-order valence-electron chi connectivity index (χ0n) is 29.8. The van der Waals surface area contributed by atoms with Gasteiger partial charge >= 0.3 is 0 Å². The van der Waals surface area contributed by atoms with Crippen LogP contribution in [0.5, 0.6) is 0 Å². The van der Waals surface area contributed by atoms with Gasteiger partial charge in [-0.1, -0.05) is 121 Å². The van der Waals surface area contributed by atoms with Gasteiger partial charge in [-0.15, -0.1) is 0 Å². The zero-order valence-corrected chi connectivity index (χ0v) is 29.8. The van der Waals surface area contributed by atoms with Crippen molar-refractivity contribution in [3.8, 4) is 62.0 Å². The molecule has 13 rings (SSSR count). The van der Waals surface area contributed by atoms with Gasteiger partial charge in [0.05, 0.1) is 46.0 Å². The number of hydrogen-bond acceptors (Lipinski definition) is 1. The summed E-state index contributed by atoms with van der Waals surface area (Å²) in [5, 5.41) is 20.2. The molecule has 0 saturated heterocycles. The second-order valence-corrected chi connectivity index (χ2v) is 15.0. The van der Waals surface area contributed by atoms with E-state index in [1.54, 1.807) is 0 Å². The summed E-state index contributed by atoms with van der Waals surface area (Å²) in [7, 11) is 0. The molecule has 0 amide bonds. The van der Waals surface area contributed by atoms with Crippen molar-refractivity contribution < 1.29 is 0 Å². The molecule has 0 radical (unpaired) electrons. The quantitative estimate of drug-likeness (QED) is 0.165. The first kappa shape index (κ1) is 29.5. The van der Waals surface area contributed by atoms with Gasteiger partial charge in [-0.05, 0) is 91.7 Å². The van der Waals surface area contributed by atoms with Crippen LogP contribution in [-0.2, 0) is 0 Å². The summed E-state index contributed by atoms with van der Waals surface area (Å²) >= 11 is 0. The molecule has 2 aromatic heterocycles. The highest BCUT2D eigenvalue weighted by Gasteiger charge is 2.29. The predicted octanol–water partition coefficient (Wildman–Crippen LogP) is 13.9. The highest BCUT2D eigenvalue weighted by Crippen LogP contribution is 2.53. The summed E-state index contributed by atoms with van der Waals surface area (Å²) in [5.74, 6) is 0. The second kappa shape index (κ2) is 10.4. The Labute approximate surface area is 320 Å². The maximum absolute atomic E-state index is 10.9. The normalized spacial score (nSPS) is 12.2. The highest BCUT2D eigenvalue weighted by molar-refractivity contribution is 6.29. The lowest BCUT2D eigenvalue weighted by Gasteiger charge is -2.17. The van der Waals surface area contributed by atoms with E-state index in [0.717, 1.165) is 54.7 Å². The second-order valence-electron chi connectivity index (χ2n) is 15.0. The largest absolute Gasteiger partial charge is 0.310 e. The van der Waals surface area contributed by atoms with Gasteiger partial charge in [0.1, 0.15) is 0 Å². The molecule has 0 atom stereocenters. The topological polar surface area (TPSA) is 38.0 Å². The lowest BCUT2D eigenvalue weighted by Crippen LogP contribution is -2.02. The van der Waals surface area contributed by atoms with E-state index in [4.69, 9.17) is 6.57 Å². The van der Waals surface area contributed by atoms with Gasteiger partial charge in [0, 0.05) is 38.0 Å². The van der Waals surface area contributed by atoms with E-state index in [1.165, 1.54) is 60.7 Å². The molecule has 9 aromatic carbocycles. The summed E-state index contributed by atoms with van der Waals surface area (Å²) in [4.78, 5) is 4.06. The molecule has 2 aliphatic carbocycles. The molecular formula is C52H26N4. The summed E-state index contributed by atoms with van der Waals surface area (Å²) in [6.07, 6.45) is 0. The van der Waals surface area contributed by atoms with Gasteiger partial charge in [0.15, 0.2) is 0 Å². The van der Waals surface area contributed by atoms with Crippen LogP contribution < -0.4 is 0 Å². The van der Waals surface area contributed by atoms with Gasteiger partial charge in [0.2, 0.25) is 5.69 Å². The molecule has 4 nitrogen and oxygen atoms in total.